The van der Waals surface area contributed by atoms with E-state index < -0.39 is 5.54 Å². The van der Waals surface area contributed by atoms with Gasteiger partial charge in [0.1, 0.15) is 10.7 Å². The van der Waals surface area contributed by atoms with Crippen LogP contribution < -0.4 is 11.1 Å². The summed E-state index contributed by atoms with van der Waals surface area (Å²) in [6.45, 7) is 7.53. The number of fused-ring (bicyclic) bond motifs is 1. The summed E-state index contributed by atoms with van der Waals surface area (Å²) in [6.07, 6.45) is 5.12. The molecule has 144 valence electrons. The van der Waals surface area contributed by atoms with E-state index >= 15 is 0 Å². The van der Waals surface area contributed by atoms with Crippen LogP contribution in [0.15, 0.2) is 59.5 Å². The number of nitrogens with zero attached hydrogens (tertiary/aromatic N) is 3. The van der Waals surface area contributed by atoms with Gasteiger partial charge in [-0.15, -0.1) is 11.3 Å². The van der Waals surface area contributed by atoms with Gasteiger partial charge in [0, 0.05) is 29.3 Å². The van der Waals surface area contributed by atoms with E-state index in [0.717, 1.165) is 20.8 Å². The van der Waals surface area contributed by atoms with Gasteiger partial charge in [0.15, 0.2) is 0 Å². The Hall–Kier alpha value is -3.06. The highest BCUT2D eigenvalue weighted by Gasteiger charge is 2.16. The maximum absolute atomic E-state index is 12.8. The number of hydrogen-bond donors (Lipinski definition) is 2. The fourth-order valence-corrected chi connectivity index (χ4v) is 3.48. The first-order valence-electron chi connectivity index (χ1n) is 8.87. The number of pyridine rings is 1. The zero-order chi connectivity index (χ0) is 20.3. The van der Waals surface area contributed by atoms with Crippen LogP contribution in [0.1, 0.15) is 27.7 Å². The summed E-state index contributed by atoms with van der Waals surface area (Å²) >= 11 is 1.56. The molecule has 28 heavy (non-hydrogen) atoms. The van der Waals surface area contributed by atoms with Crippen LogP contribution in [0.25, 0.3) is 20.8 Å². The lowest BCUT2D eigenvalue weighted by Gasteiger charge is -2.15. The molecular formula is C21H23N5OS. The third-order valence-electron chi connectivity index (χ3n) is 3.61. The van der Waals surface area contributed by atoms with Crippen molar-refractivity contribution in [3.8, 4) is 10.6 Å². The lowest BCUT2D eigenvalue weighted by molar-refractivity contribution is -0.110. The zero-order valence-corrected chi connectivity index (χ0v) is 17.2. The fourth-order valence-electron chi connectivity index (χ4n) is 2.55. The highest BCUT2D eigenvalue weighted by molar-refractivity contribution is 7.21. The monoisotopic (exact) mass is 393 g/mol. The normalized spacial score (nSPS) is 13.0. The number of benzene rings is 1. The van der Waals surface area contributed by atoms with Crippen LogP contribution in [-0.2, 0) is 4.79 Å². The number of nitrogens with one attached hydrogen (secondary N) is 1. The van der Waals surface area contributed by atoms with Gasteiger partial charge in [0.25, 0.3) is 5.91 Å². The van der Waals surface area contributed by atoms with Crippen LogP contribution in [0, 0.1) is 0 Å². The van der Waals surface area contributed by atoms with E-state index in [2.05, 4.69) is 20.3 Å². The van der Waals surface area contributed by atoms with Crippen molar-refractivity contribution < 1.29 is 4.79 Å². The summed E-state index contributed by atoms with van der Waals surface area (Å²) in [5.74, 6) is -0.301. The van der Waals surface area contributed by atoms with Crippen molar-refractivity contribution in [1.29, 1.82) is 0 Å². The predicted octanol–water partition coefficient (Wildman–Crippen LogP) is 4.40. The van der Waals surface area contributed by atoms with E-state index in [9.17, 15) is 4.79 Å². The molecule has 0 radical (unpaired) electrons. The average Bonchev–Trinajstić information content (AvgIpc) is 3.04. The number of hydrogen-bond acceptors (Lipinski definition) is 6. The van der Waals surface area contributed by atoms with Gasteiger partial charge >= 0.3 is 0 Å². The number of anilines is 1. The van der Waals surface area contributed by atoms with Crippen LogP contribution in [0.2, 0.25) is 0 Å². The van der Waals surface area contributed by atoms with Crippen molar-refractivity contribution >= 4 is 38.9 Å². The first-order chi connectivity index (χ1) is 13.2. The fraction of sp³-hybridized carbons (Fsp3) is 0.238. The number of carbonyl (C=O) groups excluding carboxylic acids is 1. The van der Waals surface area contributed by atoms with E-state index in [1.165, 1.54) is 0 Å². The minimum absolute atomic E-state index is 0.295. The molecule has 7 heteroatoms. The lowest BCUT2D eigenvalue weighted by atomic mass is 10.1. The quantitative estimate of drug-likeness (QED) is 0.643. The molecule has 3 N–H and O–H groups in total. The summed E-state index contributed by atoms with van der Waals surface area (Å²) < 4.78 is 1.02. The summed E-state index contributed by atoms with van der Waals surface area (Å²) in [5.41, 5.74) is 8.70. The molecule has 2 aromatic heterocycles. The van der Waals surface area contributed by atoms with Crippen molar-refractivity contribution in [3.63, 3.8) is 0 Å². The Balaban J connectivity index is 1.88. The first-order valence-corrected chi connectivity index (χ1v) is 9.69. The number of rotatable bonds is 4. The molecule has 3 rings (SSSR count). The van der Waals surface area contributed by atoms with Crippen molar-refractivity contribution in [2.75, 3.05) is 5.32 Å². The van der Waals surface area contributed by atoms with Crippen LogP contribution in [0.3, 0.4) is 0 Å². The molecular weight excluding hydrogens is 370 g/mol. The highest BCUT2D eigenvalue weighted by Crippen LogP contribution is 2.30. The van der Waals surface area contributed by atoms with E-state index in [-0.39, 0.29) is 5.91 Å². The Morgan fingerprint density at radius 3 is 2.75 bits per heavy atom. The van der Waals surface area contributed by atoms with Crippen molar-refractivity contribution in [2.24, 2.45) is 10.7 Å². The number of allylic oxidation sites excluding steroid dienone is 1. The van der Waals surface area contributed by atoms with Gasteiger partial charge in [-0.3, -0.25) is 14.8 Å². The SMILES string of the molecule is CC(N)=CC(=NC(C)(C)C)C(=O)Nc1cccc(-c2nc3ccncc3s2)c1. The molecule has 6 nitrogen and oxygen atoms in total. The molecule has 0 spiro atoms. The minimum atomic E-state index is -0.393. The van der Waals surface area contributed by atoms with E-state index in [1.807, 2.05) is 51.1 Å². The third kappa shape index (κ3) is 5.01. The van der Waals surface area contributed by atoms with Crippen molar-refractivity contribution in [2.45, 2.75) is 33.2 Å². The van der Waals surface area contributed by atoms with Crippen LogP contribution >= 0.6 is 11.3 Å². The van der Waals surface area contributed by atoms with Crippen molar-refractivity contribution in [1.82, 2.24) is 9.97 Å². The molecule has 0 saturated carbocycles. The Morgan fingerprint density at radius 1 is 1.29 bits per heavy atom. The standard InChI is InChI=1S/C21H23N5OS/c1-13(22)10-17(26-21(2,3)4)19(27)24-15-7-5-6-14(11-15)20-25-16-8-9-23-12-18(16)28-20/h5-12H,22H2,1-4H3,(H,24,27). The zero-order valence-electron chi connectivity index (χ0n) is 16.4. The lowest BCUT2D eigenvalue weighted by Crippen LogP contribution is -2.26. The molecule has 3 aromatic rings. The molecule has 0 bridgehead atoms. The van der Waals surface area contributed by atoms with Gasteiger partial charge in [-0.2, -0.15) is 0 Å². The van der Waals surface area contributed by atoms with E-state index in [0.29, 0.717) is 17.1 Å². The highest BCUT2D eigenvalue weighted by atomic mass is 32.1. The second-order valence-electron chi connectivity index (χ2n) is 7.45. The number of thiazole rings is 1. The van der Waals surface area contributed by atoms with E-state index in [4.69, 9.17) is 5.73 Å². The Kier molecular flexibility index (Phi) is 5.56. The van der Waals surface area contributed by atoms with Gasteiger partial charge in [0.05, 0.1) is 15.8 Å². The first kappa shape index (κ1) is 19.7. The van der Waals surface area contributed by atoms with Gasteiger partial charge in [-0.25, -0.2) is 4.98 Å². The van der Waals surface area contributed by atoms with Crippen LogP contribution in [-0.4, -0.2) is 27.1 Å². The smallest absolute Gasteiger partial charge is 0.273 e. The Bertz CT molecular complexity index is 1040. The van der Waals surface area contributed by atoms with Gasteiger partial charge in [-0.1, -0.05) is 12.1 Å². The number of nitrogens with two attached hydrogens (primary N) is 1. The molecule has 0 aliphatic heterocycles. The number of aromatic nitrogens is 2. The second kappa shape index (κ2) is 7.90. The maximum atomic E-state index is 12.8. The largest absolute Gasteiger partial charge is 0.402 e. The summed E-state index contributed by atoms with van der Waals surface area (Å²) in [5, 5.41) is 3.78. The summed E-state index contributed by atoms with van der Waals surface area (Å²) in [6, 6.07) is 9.48. The molecule has 0 aliphatic carbocycles. The topological polar surface area (TPSA) is 93.3 Å². The molecule has 1 aromatic carbocycles. The number of carbonyl (C=O) groups is 1. The molecule has 0 saturated heterocycles. The Morgan fingerprint density at radius 2 is 2.07 bits per heavy atom. The van der Waals surface area contributed by atoms with Crippen LogP contribution in [0.4, 0.5) is 5.69 Å². The molecule has 1 amide bonds. The molecule has 0 aliphatic rings. The molecule has 0 unspecified atom stereocenters. The Labute approximate surface area is 168 Å². The third-order valence-corrected chi connectivity index (χ3v) is 4.67. The predicted molar refractivity (Wildman–Crippen MR) is 117 cm³/mol. The van der Waals surface area contributed by atoms with E-state index in [1.54, 1.807) is 36.7 Å². The maximum Gasteiger partial charge on any atom is 0.273 e. The van der Waals surface area contributed by atoms with Gasteiger partial charge < -0.3 is 11.1 Å². The molecule has 2 heterocycles. The minimum Gasteiger partial charge on any atom is -0.402 e. The summed E-state index contributed by atoms with van der Waals surface area (Å²) in [7, 11) is 0. The molecule has 0 fully saturated rings. The number of amides is 1. The molecule has 0 atom stereocenters. The summed E-state index contributed by atoms with van der Waals surface area (Å²) in [4.78, 5) is 26.0. The van der Waals surface area contributed by atoms with Gasteiger partial charge in [0.2, 0.25) is 0 Å². The van der Waals surface area contributed by atoms with Crippen LogP contribution in [0.5, 0.6) is 0 Å². The van der Waals surface area contributed by atoms with Gasteiger partial charge in [-0.05, 0) is 52.0 Å². The number of aliphatic imine (C=N–C) groups is 1. The average molecular weight is 394 g/mol. The second-order valence-corrected chi connectivity index (χ2v) is 8.48. The van der Waals surface area contributed by atoms with Crippen molar-refractivity contribution in [3.05, 3.63) is 54.5 Å².